The molecule has 0 aliphatic rings. The van der Waals surface area contributed by atoms with E-state index < -0.39 is 4.92 Å². The minimum atomic E-state index is -0.469. The number of thioether (sulfide) groups is 1. The molecule has 0 unspecified atom stereocenters. The number of nitro benzene ring substituents is 1. The standard InChI is InChI=1S/C23H19N7O3S/c1-16(17-9-11-20(12-10-17)30(32)33)25-26-21(31)15-34-23-28-27-22(18-6-5-13-24-14-18)29(23)19-7-3-2-4-8-19/h2-14H,15H2,1H3,(H,26,31)/b25-16-. The Hall–Kier alpha value is -4.38. The zero-order valence-corrected chi connectivity index (χ0v) is 18.8. The molecule has 4 aromatic rings. The highest BCUT2D eigenvalue weighted by atomic mass is 32.2. The number of non-ortho nitro benzene ring substituents is 1. The first kappa shape index (κ1) is 22.8. The van der Waals surface area contributed by atoms with Crippen molar-refractivity contribution < 1.29 is 9.72 Å². The normalized spacial score (nSPS) is 11.3. The quantitative estimate of drug-likeness (QED) is 0.178. The van der Waals surface area contributed by atoms with Crippen molar-refractivity contribution in [1.29, 1.82) is 0 Å². The number of nitrogens with one attached hydrogen (secondary N) is 1. The highest BCUT2D eigenvalue weighted by Gasteiger charge is 2.17. The Kier molecular flexibility index (Phi) is 7.04. The maximum atomic E-state index is 12.4. The molecule has 1 N–H and O–H groups in total. The van der Waals surface area contributed by atoms with Crippen molar-refractivity contribution in [2.24, 2.45) is 5.10 Å². The molecule has 11 heteroatoms. The number of para-hydroxylation sites is 1. The number of hydrogen-bond donors (Lipinski definition) is 1. The minimum absolute atomic E-state index is 0.00911. The molecule has 0 fully saturated rings. The highest BCUT2D eigenvalue weighted by molar-refractivity contribution is 7.99. The van der Waals surface area contributed by atoms with Gasteiger partial charge in [-0.05, 0) is 48.9 Å². The summed E-state index contributed by atoms with van der Waals surface area (Å²) in [6.07, 6.45) is 3.40. The predicted octanol–water partition coefficient (Wildman–Crippen LogP) is 3.87. The van der Waals surface area contributed by atoms with E-state index in [9.17, 15) is 14.9 Å². The van der Waals surface area contributed by atoms with Gasteiger partial charge < -0.3 is 0 Å². The molecule has 4 rings (SSSR count). The minimum Gasteiger partial charge on any atom is -0.272 e. The van der Waals surface area contributed by atoms with Crippen LogP contribution in [-0.2, 0) is 4.79 Å². The first-order valence-corrected chi connectivity index (χ1v) is 11.1. The second-order valence-electron chi connectivity index (χ2n) is 7.04. The van der Waals surface area contributed by atoms with E-state index in [1.165, 1.54) is 23.9 Å². The summed E-state index contributed by atoms with van der Waals surface area (Å²) in [4.78, 5) is 26.9. The van der Waals surface area contributed by atoms with Gasteiger partial charge in [0.05, 0.1) is 16.4 Å². The Bertz CT molecular complexity index is 1320. The van der Waals surface area contributed by atoms with E-state index in [2.05, 4.69) is 25.7 Å². The lowest BCUT2D eigenvalue weighted by Crippen LogP contribution is -2.21. The van der Waals surface area contributed by atoms with Crippen molar-refractivity contribution in [3.05, 3.63) is 94.8 Å². The summed E-state index contributed by atoms with van der Waals surface area (Å²) in [5.74, 6) is 0.362. The third-order valence-corrected chi connectivity index (χ3v) is 5.67. The van der Waals surface area contributed by atoms with Gasteiger partial charge in [-0.25, -0.2) is 5.43 Å². The SMILES string of the molecule is C/C(=N/NC(=O)CSc1nnc(-c2cccnc2)n1-c1ccccc1)c1ccc([N+](=O)[O-])cc1. The van der Waals surface area contributed by atoms with Crippen molar-refractivity contribution >= 4 is 29.1 Å². The van der Waals surface area contributed by atoms with Gasteiger partial charge in [0.1, 0.15) is 0 Å². The van der Waals surface area contributed by atoms with E-state index in [4.69, 9.17) is 0 Å². The molecule has 0 bridgehead atoms. The molecule has 0 saturated heterocycles. The summed E-state index contributed by atoms with van der Waals surface area (Å²) in [6.45, 7) is 1.71. The molecule has 0 atom stereocenters. The maximum Gasteiger partial charge on any atom is 0.269 e. The maximum absolute atomic E-state index is 12.4. The van der Waals surface area contributed by atoms with Crippen LogP contribution in [0.4, 0.5) is 5.69 Å². The van der Waals surface area contributed by atoms with Crippen molar-refractivity contribution in [3.63, 3.8) is 0 Å². The number of rotatable bonds is 8. The Labute approximate surface area is 198 Å². The van der Waals surface area contributed by atoms with Crippen LogP contribution in [0.1, 0.15) is 12.5 Å². The van der Waals surface area contributed by atoms with Gasteiger partial charge in [-0.1, -0.05) is 30.0 Å². The van der Waals surface area contributed by atoms with E-state index in [0.717, 1.165) is 11.3 Å². The Morgan fingerprint density at radius 2 is 1.85 bits per heavy atom. The lowest BCUT2D eigenvalue weighted by Gasteiger charge is -2.10. The Morgan fingerprint density at radius 3 is 2.53 bits per heavy atom. The largest absolute Gasteiger partial charge is 0.272 e. The summed E-state index contributed by atoms with van der Waals surface area (Å²) < 4.78 is 1.88. The molecule has 10 nitrogen and oxygen atoms in total. The van der Waals surface area contributed by atoms with E-state index in [1.54, 1.807) is 31.5 Å². The van der Waals surface area contributed by atoms with Gasteiger partial charge in [-0.15, -0.1) is 10.2 Å². The van der Waals surface area contributed by atoms with E-state index in [0.29, 0.717) is 22.3 Å². The second kappa shape index (κ2) is 10.5. The summed E-state index contributed by atoms with van der Waals surface area (Å²) in [5, 5.41) is 24.0. The summed E-state index contributed by atoms with van der Waals surface area (Å²) >= 11 is 1.23. The zero-order valence-electron chi connectivity index (χ0n) is 18.0. The molecule has 0 saturated carbocycles. The number of carbonyl (C=O) groups excluding carboxylic acids is 1. The smallest absolute Gasteiger partial charge is 0.269 e. The predicted molar refractivity (Wildman–Crippen MR) is 129 cm³/mol. The average Bonchev–Trinajstić information content (AvgIpc) is 3.31. The number of hydrogen-bond acceptors (Lipinski definition) is 8. The fourth-order valence-corrected chi connectivity index (χ4v) is 3.80. The Morgan fingerprint density at radius 1 is 1.09 bits per heavy atom. The molecular weight excluding hydrogens is 454 g/mol. The van der Waals surface area contributed by atoms with Crippen LogP contribution in [-0.4, -0.2) is 42.0 Å². The fraction of sp³-hybridized carbons (Fsp3) is 0.0870. The molecule has 0 radical (unpaired) electrons. The van der Waals surface area contributed by atoms with Crippen LogP contribution < -0.4 is 5.43 Å². The molecule has 2 aromatic carbocycles. The average molecular weight is 474 g/mol. The molecule has 2 aromatic heterocycles. The van der Waals surface area contributed by atoms with Crippen LogP contribution in [0.5, 0.6) is 0 Å². The first-order valence-electron chi connectivity index (χ1n) is 10.1. The van der Waals surface area contributed by atoms with Crippen molar-refractivity contribution in [3.8, 4) is 17.1 Å². The van der Waals surface area contributed by atoms with Gasteiger partial charge in [-0.3, -0.25) is 24.5 Å². The number of amides is 1. The molecule has 170 valence electrons. The van der Waals surface area contributed by atoms with Crippen molar-refractivity contribution in [2.75, 3.05) is 5.75 Å². The zero-order chi connectivity index (χ0) is 23.9. The monoisotopic (exact) mass is 473 g/mol. The number of benzene rings is 2. The lowest BCUT2D eigenvalue weighted by atomic mass is 10.1. The van der Waals surface area contributed by atoms with Gasteiger partial charge >= 0.3 is 0 Å². The van der Waals surface area contributed by atoms with Gasteiger partial charge in [-0.2, -0.15) is 5.10 Å². The number of pyridine rings is 1. The van der Waals surface area contributed by atoms with Crippen LogP contribution in [0.2, 0.25) is 0 Å². The number of nitrogens with zero attached hydrogens (tertiary/aromatic N) is 6. The van der Waals surface area contributed by atoms with Gasteiger partial charge in [0.25, 0.3) is 11.6 Å². The molecule has 34 heavy (non-hydrogen) atoms. The van der Waals surface area contributed by atoms with E-state index in [1.807, 2.05) is 47.0 Å². The Balaban J connectivity index is 1.47. The number of hydrazone groups is 1. The summed E-state index contributed by atoms with van der Waals surface area (Å²) in [6, 6.07) is 19.3. The number of carbonyl (C=O) groups is 1. The third kappa shape index (κ3) is 5.33. The fourth-order valence-electron chi connectivity index (χ4n) is 3.05. The number of nitro groups is 1. The summed E-state index contributed by atoms with van der Waals surface area (Å²) in [5.41, 5.74) is 5.37. The van der Waals surface area contributed by atoms with Crippen LogP contribution in [0.3, 0.4) is 0 Å². The van der Waals surface area contributed by atoms with Crippen LogP contribution >= 0.6 is 11.8 Å². The van der Waals surface area contributed by atoms with Crippen LogP contribution in [0.15, 0.2) is 89.4 Å². The van der Waals surface area contributed by atoms with Crippen LogP contribution in [0.25, 0.3) is 17.1 Å². The number of aromatic nitrogens is 4. The highest BCUT2D eigenvalue weighted by Crippen LogP contribution is 2.27. The molecule has 0 spiro atoms. The first-order chi connectivity index (χ1) is 16.5. The van der Waals surface area contributed by atoms with Crippen molar-refractivity contribution in [2.45, 2.75) is 12.1 Å². The molecular formula is C23H19N7O3S. The molecule has 0 aliphatic carbocycles. The summed E-state index contributed by atoms with van der Waals surface area (Å²) in [7, 11) is 0. The van der Waals surface area contributed by atoms with Gasteiger partial charge in [0.2, 0.25) is 0 Å². The third-order valence-electron chi connectivity index (χ3n) is 4.74. The lowest BCUT2D eigenvalue weighted by molar-refractivity contribution is -0.384. The van der Waals surface area contributed by atoms with Gasteiger partial charge in [0.15, 0.2) is 11.0 Å². The molecule has 0 aliphatic heterocycles. The van der Waals surface area contributed by atoms with Crippen LogP contribution in [0, 0.1) is 10.1 Å². The second-order valence-corrected chi connectivity index (χ2v) is 7.99. The van der Waals surface area contributed by atoms with E-state index in [-0.39, 0.29) is 17.3 Å². The molecule has 2 heterocycles. The van der Waals surface area contributed by atoms with E-state index >= 15 is 0 Å². The van der Waals surface area contributed by atoms with Crippen molar-refractivity contribution in [1.82, 2.24) is 25.2 Å². The molecule has 1 amide bonds. The topological polar surface area (TPSA) is 128 Å². The van der Waals surface area contributed by atoms with Gasteiger partial charge in [0, 0.05) is 35.8 Å².